The smallest absolute Gasteiger partial charge is 0.238 e. The summed E-state index contributed by atoms with van der Waals surface area (Å²) < 4.78 is 11.6. The quantitative estimate of drug-likeness (QED) is 0.918. The molecule has 1 aromatic carbocycles. The molecule has 0 spiro atoms. The van der Waals surface area contributed by atoms with E-state index in [9.17, 15) is 0 Å². The zero-order valence-electron chi connectivity index (χ0n) is 10.2. The van der Waals surface area contributed by atoms with Gasteiger partial charge in [0.15, 0.2) is 0 Å². The van der Waals surface area contributed by atoms with Crippen molar-refractivity contribution in [2.45, 2.75) is 6.54 Å². The molecular formula is C13H12BrClN2O2. The van der Waals surface area contributed by atoms with Crippen LogP contribution in [-0.2, 0) is 6.54 Å². The fourth-order valence-corrected chi connectivity index (χ4v) is 2.15. The molecule has 2 rings (SSSR count). The van der Waals surface area contributed by atoms with Gasteiger partial charge in [-0.05, 0) is 45.8 Å². The van der Waals surface area contributed by atoms with Gasteiger partial charge in [0.2, 0.25) is 5.88 Å². The second-order valence-electron chi connectivity index (χ2n) is 3.69. The molecule has 0 fully saturated rings. The van der Waals surface area contributed by atoms with Crippen molar-refractivity contribution in [3.8, 4) is 17.4 Å². The summed E-state index contributed by atoms with van der Waals surface area (Å²) in [5.41, 5.74) is 6.38. The minimum Gasteiger partial charge on any atom is -0.497 e. The average molecular weight is 344 g/mol. The standard InChI is InChI=1S/C13H12BrClN2O2/c1-18-9-2-3-11(10(14)6-9)19-13-12(15)8(7-16)4-5-17-13/h2-6H,7,16H2,1H3. The molecule has 0 aliphatic heterocycles. The number of aromatic nitrogens is 1. The van der Waals surface area contributed by atoms with Crippen LogP contribution in [0.3, 0.4) is 0 Å². The molecule has 100 valence electrons. The highest BCUT2D eigenvalue weighted by molar-refractivity contribution is 9.10. The zero-order valence-corrected chi connectivity index (χ0v) is 12.5. The van der Waals surface area contributed by atoms with E-state index < -0.39 is 0 Å². The van der Waals surface area contributed by atoms with E-state index in [4.69, 9.17) is 26.8 Å². The van der Waals surface area contributed by atoms with Crippen LogP contribution in [0.5, 0.6) is 17.4 Å². The number of nitrogens with two attached hydrogens (primary N) is 1. The predicted molar refractivity (Wildman–Crippen MR) is 77.9 cm³/mol. The lowest BCUT2D eigenvalue weighted by Gasteiger charge is -2.11. The summed E-state index contributed by atoms with van der Waals surface area (Å²) in [6.45, 7) is 0.335. The van der Waals surface area contributed by atoms with Crippen molar-refractivity contribution in [2.24, 2.45) is 5.73 Å². The first-order valence-electron chi connectivity index (χ1n) is 5.50. The van der Waals surface area contributed by atoms with E-state index in [-0.39, 0.29) is 0 Å². The highest BCUT2D eigenvalue weighted by Gasteiger charge is 2.11. The number of pyridine rings is 1. The van der Waals surface area contributed by atoms with Gasteiger partial charge in [0.05, 0.1) is 11.6 Å². The Bertz CT molecular complexity index is 593. The lowest BCUT2D eigenvalue weighted by molar-refractivity contribution is 0.411. The van der Waals surface area contributed by atoms with Crippen LogP contribution in [0, 0.1) is 0 Å². The van der Waals surface area contributed by atoms with Crippen molar-refractivity contribution in [1.29, 1.82) is 0 Å². The Morgan fingerprint density at radius 2 is 2.16 bits per heavy atom. The molecule has 0 unspecified atom stereocenters. The number of rotatable bonds is 4. The first kappa shape index (κ1) is 14.1. The van der Waals surface area contributed by atoms with Crippen molar-refractivity contribution >= 4 is 27.5 Å². The Balaban J connectivity index is 2.31. The Kier molecular flexibility index (Phi) is 4.63. The van der Waals surface area contributed by atoms with Crippen LogP contribution in [0.25, 0.3) is 0 Å². The van der Waals surface area contributed by atoms with Crippen molar-refractivity contribution in [1.82, 2.24) is 4.98 Å². The second-order valence-corrected chi connectivity index (χ2v) is 4.92. The fourth-order valence-electron chi connectivity index (χ4n) is 1.49. The first-order valence-corrected chi connectivity index (χ1v) is 6.67. The predicted octanol–water partition coefficient (Wildman–Crippen LogP) is 3.76. The van der Waals surface area contributed by atoms with Gasteiger partial charge in [-0.1, -0.05) is 11.6 Å². The van der Waals surface area contributed by atoms with Crippen LogP contribution in [0.2, 0.25) is 5.02 Å². The maximum atomic E-state index is 6.16. The molecule has 1 heterocycles. The van der Waals surface area contributed by atoms with E-state index in [2.05, 4.69) is 20.9 Å². The third-order valence-electron chi connectivity index (χ3n) is 2.50. The minimum atomic E-state index is 0.329. The van der Waals surface area contributed by atoms with Gasteiger partial charge in [0.1, 0.15) is 16.5 Å². The third kappa shape index (κ3) is 3.18. The Morgan fingerprint density at radius 1 is 1.37 bits per heavy atom. The normalized spacial score (nSPS) is 10.3. The summed E-state index contributed by atoms with van der Waals surface area (Å²) in [4.78, 5) is 4.10. The number of nitrogens with zero attached hydrogens (tertiary/aromatic N) is 1. The molecule has 4 nitrogen and oxygen atoms in total. The van der Waals surface area contributed by atoms with Crippen molar-refractivity contribution in [2.75, 3.05) is 7.11 Å². The molecule has 2 aromatic rings. The highest BCUT2D eigenvalue weighted by Crippen LogP contribution is 2.35. The van der Waals surface area contributed by atoms with Crippen LogP contribution in [0.15, 0.2) is 34.9 Å². The summed E-state index contributed by atoms with van der Waals surface area (Å²) in [6.07, 6.45) is 1.61. The summed E-state index contributed by atoms with van der Waals surface area (Å²) in [5.74, 6) is 1.66. The molecule has 0 bridgehead atoms. The second kappa shape index (κ2) is 6.23. The monoisotopic (exact) mass is 342 g/mol. The van der Waals surface area contributed by atoms with Gasteiger partial charge in [-0.25, -0.2) is 4.98 Å². The van der Waals surface area contributed by atoms with Gasteiger partial charge in [0.25, 0.3) is 0 Å². The average Bonchev–Trinajstić information content (AvgIpc) is 2.43. The van der Waals surface area contributed by atoms with E-state index in [0.29, 0.717) is 23.2 Å². The molecule has 0 aliphatic rings. The number of hydrogen-bond donors (Lipinski definition) is 1. The van der Waals surface area contributed by atoms with Crippen LogP contribution in [0.4, 0.5) is 0 Å². The van der Waals surface area contributed by atoms with E-state index in [1.807, 2.05) is 0 Å². The van der Waals surface area contributed by atoms with Crippen LogP contribution in [-0.4, -0.2) is 12.1 Å². The molecule has 6 heteroatoms. The Hall–Kier alpha value is -1.30. The zero-order chi connectivity index (χ0) is 13.8. The first-order chi connectivity index (χ1) is 9.15. The highest BCUT2D eigenvalue weighted by atomic mass is 79.9. The molecule has 0 saturated heterocycles. The van der Waals surface area contributed by atoms with Gasteiger partial charge in [-0.3, -0.25) is 0 Å². The summed E-state index contributed by atoms with van der Waals surface area (Å²) in [5, 5.41) is 0.424. The maximum Gasteiger partial charge on any atom is 0.238 e. The summed E-state index contributed by atoms with van der Waals surface area (Å²) in [7, 11) is 1.60. The van der Waals surface area contributed by atoms with Gasteiger partial charge < -0.3 is 15.2 Å². The van der Waals surface area contributed by atoms with Gasteiger partial charge >= 0.3 is 0 Å². The number of hydrogen-bond acceptors (Lipinski definition) is 4. The SMILES string of the molecule is COc1ccc(Oc2nccc(CN)c2Cl)c(Br)c1. The maximum absolute atomic E-state index is 6.16. The molecule has 0 radical (unpaired) electrons. The molecular weight excluding hydrogens is 332 g/mol. The largest absolute Gasteiger partial charge is 0.497 e. The van der Waals surface area contributed by atoms with Gasteiger partial charge in [-0.2, -0.15) is 0 Å². The summed E-state index contributed by atoms with van der Waals surface area (Å²) >= 11 is 9.57. The Labute approximate surface area is 124 Å². The van der Waals surface area contributed by atoms with Crippen LogP contribution in [0.1, 0.15) is 5.56 Å². The van der Waals surface area contributed by atoms with Crippen molar-refractivity contribution in [3.63, 3.8) is 0 Å². The number of ether oxygens (including phenoxy) is 2. The molecule has 2 N–H and O–H groups in total. The lowest BCUT2D eigenvalue weighted by Crippen LogP contribution is -1.99. The number of methoxy groups -OCH3 is 1. The van der Waals surface area contributed by atoms with Crippen molar-refractivity contribution < 1.29 is 9.47 Å². The van der Waals surface area contributed by atoms with E-state index >= 15 is 0 Å². The Morgan fingerprint density at radius 3 is 2.79 bits per heavy atom. The molecule has 0 atom stereocenters. The molecule has 0 amide bonds. The number of benzene rings is 1. The van der Waals surface area contributed by atoms with Gasteiger partial charge in [-0.15, -0.1) is 0 Å². The topological polar surface area (TPSA) is 57.4 Å². The lowest BCUT2D eigenvalue weighted by atomic mass is 10.2. The molecule has 0 saturated carbocycles. The van der Waals surface area contributed by atoms with E-state index in [0.717, 1.165) is 15.8 Å². The summed E-state index contributed by atoms with van der Waals surface area (Å²) in [6, 6.07) is 7.13. The molecule has 19 heavy (non-hydrogen) atoms. The van der Waals surface area contributed by atoms with E-state index in [1.165, 1.54) is 0 Å². The third-order valence-corrected chi connectivity index (χ3v) is 3.53. The van der Waals surface area contributed by atoms with Crippen molar-refractivity contribution in [3.05, 3.63) is 45.5 Å². The molecule has 1 aromatic heterocycles. The number of halogens is 2. The van der Waals surface area contributed by atoms with Crippen LogP contribution >= 0.6 is 27.5 Å². The van der Waals surface area contributed by atoms with E-state index in [1.54, 1.807) is 37.6 Å². The molecule has 0 aliphatic carbocycles. The fraction of sp³-hybridized carbons (Fsp3) is 0.154. The van der Waals surface area contributed by atoms with Crippen LogP contribution < -0.4 is 15.2 Å². The van der Waals surface area contributed by atoms with Gasteiger partial charge in [0, 0.05) is 12.7 Å². The minimum absolute atomic E-state index is 0.329.